The molecule has 2 unspecified atom stereocenters. The number of pyridine rings is 1. The molecule has 2 fully saturated rings. The van der Waals surface area contributed by atoms with Crippen LogP contribution in [0.1, 0.15) is 55.1 Å². The van der Waals surface area contributed by atoms with Crippen LogP contribution in [-0.4, -0.2) is 4.98 Å². The number of fused-ring (bicyclic) bond motifs is 1. The Hall–Kier alpha value is -1.50. The molecule has 1 heterocycles. The van der Waals surface area contributed by atoms with Crippen LogP contribution in [0.25, 0.3) is 22.0 Å². The van der Waals surface area contributed by atoms with Crippen LogP contribution in [0, 0.1) is 17.9 Å². The van der Waals surface area contributed by atoms with E-state index in [0.29, 0.717) is 0 Å². The Morgan fingerprint density at radius 3 is 2.27 bits per heavy atom. The second-order valence-electron chi connectivity index (χ2n) is 8.44. The Labute approximate surface area is 168 Å². The van der Waals surface area contributed by atoms with E-state index in [0.717, 1.165) is 34.9 Å². The van der Waals surface area contributed by atoms with E-state index < -0.39 is 0 Å². The molecule has 2 aromatic carbocycles. The predicted octanol–water partition coefficient (Wildman–Crippen LogP) is 6.09. The quantitative estimate of drug-likeness (QED) is 0.357. The van der Waals surface area contributed by atoms with Gasteiger partial charge in [0.15, 0.2) is 0 Å². The van der Waals surface area contributed by atoms with Gasteiger partial charge in [0.2, 0.25) is 0 Å². The van der Waals surface area contributed by atoms with E-state index in [4.69, 9.17) is 4.98 Å². The molecule has 0 saturated heterocycles. The van der Waals surface area contributed by atoms with Gasteiger partial charge in [0, 0.05) is 26.3 Å². The summed E-state index contributed by atoms with van der Waals surface area (Å²) in [5, 5.41) is 2.66. The topological polar surface area (TPSA) is 12.9 Å². The van der Waals surface area contributed by atoms with E-state index >= 15 is 0 Å². The predicted molar refractivity (Wildman–Crippen MR) is 102 cm³/mol. The maximum atomic E-state index is 4.73. The van der Waals surface area contributed by atoms with Gasteiger partial charge in [0.25, 0.3) is 0 Å². The van der Waals surface area contributed by atoms with Crippen molar-refractivity contribution in [2.75, 3.05) is 0 Å². The normalized spacial score (nSPS) is 28.5. The van der Waals surface area contributed by atoms with Crippen LogP contribution in [0.3, 0.4) is 0 Å². The SMILES string of the molecule is [Ir].[c-]1ccccc1-c1nccc2cc3c(cc12)C1CC2CC(CC3C2)C1. The van der Waals surface area contributed by atoms with E-state index in [-0.39, 0.29) is 20.1 Å². The monoisotopic (exact) mass is 517 g/mol. The molecule has 7 rings (SSSR count). The molecule has 1 radical (unpaired) electrons. The first-order valence-corrected chi connectivity index (χ1v) is 9.75. The summed E-state index contributed by atoms with van der Waals surface area (Å²) < 4.78 is 0. The van der Waals surface area contributed by atoms with Crippen molar-refractivity contribution in [2.24, 2.45) is 11.8 Å². The molecule has 3 aromatic rings. The minimum atomic E-state index is 0. The molecule has 4 aliphatic carbocycles. The standard InChI is InChI=1S/C24H22N.Ir/c1-2-4-17(5-3-1)24-23-14-22-20-11-15-8-16(12-20)10-19(9-15)21(22)13-18(23)6-7-25-24;/h1-4,6-7,13-16,19-20H,8-12H2;/q-1;. The van der Waals surface area contributed by atoms with Crippen LogP contribution in [-0.2, 0) is 20.1 Å². The van der Waals surface area contributed by atoms with Gasteiger partial charge >= 0.3 is 0 Å². The second-order valence-corrected chi connectivity index (χ2v) is 8.44. The number of aromatic nitrogens is 1. The Kier molecular flexibility index (Phi) is 4.03. The van der Waals surface area contributed by atoms with E-state index in [1.54, 1.807) is 11.1 Å². The molecule has 133 valence electrons. The van der Waals surface area contributed by atoms with Crippen molar-refractivity contribution in [2.45, 2.75) is 43.9 Å². The molecule has 0 N–H and O–H groups in total. The zero-order valence-corrected chi connectivity index (χ0v) is 17.1. The number of benzene rings is 2. The molecule has 1 aromatic heterocycles. The molecule has 26 heavy (non-hydrogen) atoms. The maximum Gasteiger partial charge on any atom is 0.0167 e. The third-order valence-electron chi connectivity index (χ3n) is 6.95. The Bertz CT molecular complexity index is 951. The van der Waals surface area contributed by atoms with Gasteiger partial charge in [-0.05, 0) is 89.4 Å². The summed E-state index contributed by atoms with van der Waals surface area (Å²) in [4.78, 5) is 4.73. The molecule has 0 aliphatic heterocycles. The number of hydrogen-bond acceptors (Lipinski definition) is 1. The summed E-state index contributed by atoms with van der Waals surface area (Å²) in [6, 6.07) is 18.8. The van der Waals surface area contributed by atoms with Gasteiger partial charge in [-0.3, -0.25) is 0 Å². The maximum absolute atomic E-state index is 4.73. The van der Waals surface area contributed by atoms with Gasteiger partial charge < -0.3 is 4.98 Å². The van der Waals surface area contributed by atoms with Crippen molar-refractivity contribution in [3.63, 3.8) is 0 Å². The van der Waals surface area contributed by atoms with Crippen LogP contribution >= 0.6 is 0 Å². The summed E-state index contributed by atoms with van der Waals surface area (Å²) in [6.45, 7) is 0. The third-order valence-corrected chi connectivity index (χ3v) is 6.95. The molecule has 2 heteroatoms. The number of rotatable bonds is 1. The first-order chi connectivity index (χ1) is 12.3. The van der Waals surface area contributed by atoms with Crippen molar-refractivity contribution < 1.29 is 20.1 Å². The van der Waals surface area contributed by atoms with E-state index in [9.17, 15) is 0 Å². The van der Waals surface area contributed by atoms with E-state index in [1.165, 1.54) is 42.9 Å². The van der Waals surface area contributed by atoms with Crippen LogP contribution in [0.5, 0.6) is 0 Å². The molecule has 4 aliphatic rings. The van der Waals surface area contributed by atoms with Crippen molar-refractivity contribution in [1.29, 1.82) is 0 Å². The molecular weight excluding hydrogens is 494 g/mol. The van der Waals surface area contributed by atoms with Crippen LogP contribution in [0.15, 0.2) is 48.7 Å². The summed E-state index contributed by atoms with van der Waals surface area (Å²) >= 11 is 0. The Balaban J connectivity index is 0.00000150. The van der Waals surface area contributed by atoms with Gasteiger partial charge in [-0.15, -0.1) is 35.9 Å². The largest absolute Gasteiger partial charge is 0.304 e. The van der Waals surface area contributed by atoms with Gasteiger partial charge in [0.05, 0.1) is 0 Å². The Morgan fingerprint density at radius 1 is 0.846 bits per heavy atom. The fourth-order valence-electron chi connectivity index (χ4n) is 6.08. The average Bonchev–Trinajstić information content (AvgIpc) is 2.81. The van der Waals surface area contributed by atoms with Gasteiger partial charge in [-0.25, -0.2) is 0 Å². The third kappa shape index (κ3) is 2.50. The zero-order valence-electron chi connectivity index (χ0n) is 14.7. The van der Waals surface area contributed by atoms with Crippen LogP contribution in [0.2, 0.25) is 0 Å². The molecule has 0 amide bonds. The molecule has 1 nitrogen and oxygen atoms in total. The fourth-order valence-corrected chi connectivity index (χ4v) is 6.08. The molecular formula is C24H22IrN-. The summed E-state index contributed by atoms with van der Waals surface area (Å²) in [6.07, 6.45) is 9.14. The molecule has 2 saturated carbocycles. The van der Waals surface area contributed by atoms with Crippen molar-refractivity contribution in [3.8, 4) is 11.3 Å². The summed E-state index contributed by atoms with van der Waals surface area (Å²) in [7, 11) is 0. The van der Waals surface area contributed by atoms with Crippen molar-refractivity contribution in [1.82, 2.24) is 4.98 Å². The second kappa shape index (κ2) is 6.29. The average molecular weight is 517 g/mol. The summed E-state index contributed by atoms with van der Waals surface area (Å²) in [5.74, 6) is 3.52. The van der Waals surface area contributed by atoms with Crippen LogP contribution < -0.4 is 0 Å². The van der Waals surface area contributed by atoms with Crippen molar-refractivity contribution >= 4 is 10.8 Å². The van der Waals surface area contributed by atoms with Gasteiger partial charge in [-0.2, -0.15) is 0 Å². The minimum absolute atomic E-state index is 0. The number of hydrogen-bond donors (Lipinski definition) is 0. The summed E-state index contributed by atoms with van der Waals surface area (Å²) in [5.41, 5.74) is 5.50. The zero-order chi connectivity index (χ0) is 16.4. The Morgan fingerprint density at radius 2 is 1.58 bits per heavy atom. The van der Waals surface area contributed by atoms with E-state index in [2.05, 4.69) is 36.4 Å². The van der Waals surface area contributed by atoms with Crippen LogP contribution in [0.4, 0.5) is 0 Å². The molecule has 2 atom stereocenters. The van der Waals surface area contributed by atoms with Gasteiger partial charge in [-0.1, -0.05) is 12.1 Å². The molecule has 0 spiro atoms. The van der Waals surface area contributed by atoms with Crippen molar-refractivity contribution in [3.05, 3.63) is 65.9 Å². The first-order valence-electron chi connectivity index (χ1n) is 9.75. The number of nitrogens with zero attached hydrogens (tertiary/aromatic N) is 1. The van der Waals surface area contributed by atoms with E-state index in [1.807, 2.05) is 18.3 Å². The van der Waals surface area contributed by atoms with Gasteiger partial charge in [0.1, 0.15) is 0 Å². The minimum Gasteiger partial charge on any atom is -0.304 e. The fraction of sp³-hybridized carbons (Fsp3) is 0.375. The molecule has 4 bridgehead atoms. The smallest absolute Gasteiger partial charge is 0.0167 e. The first kappa shape index (κ1) is 16.7.